The third-order valence-electron chi connectivity index (χ3n) is 5.36. The summed E-state index contributed by atoms with van der Waals surface area (Å²) in [5.74, 6) is -0.697. The molecule has 31 heavy (non-hydrogen) atoms. The van der Waals surface area contributed by atoms with Crippen molar-refractivity contribution < 1.29 is 19.0 Å². The molecule has 0 saturated carbocycles. The number of carbonyl (C=O) groups excluding carboxylic acids is 1. The summed E-state index contributed by atoms with van der Waals surface area (Å²) in [4.78, 5) is 16.6. The zero-order chi connectivity index (χ0) is 21.8. The Kier molecular flexibility index (Phi) is 6.23. The van der Waals surface area contributed by atoms with Crippen molar-refractivity contribution in [1.29, 1.82) is 0 Å². The average molecular weight is 417 g/mol. The van der Waals surface area contributed by atoms with Gasteiger partial charge < -0.3 is 9.84 Å². The van der Waals surface area contributed by atoms with E-state index in [4.69, 9.17) is 9.72 Å². The zero-order valence-electron chi connectivity index (χ0n) is 17.3. The van der Waals surface area contributed by atoms with Gasteiger partial charge in [-0.25, -0.2) is 4.39 Å². The summed E-state index contributed by atoms with van der Waals surface area (Å²) in [5.41, 5.74) is 5.42. The SMILES string of the molecule is CCc1nc(-c2ccccc2)cc(-c2ccc(F)cc2)c1/C=C/[C@@H]1C[C@@H](O)CC(=O)O1. The van der Waals surface area contributed by atoms with E-state index in [0.29, 0.717) is 12.8 Å². The largest absolute Gasteiger partial charge is 0.458 e. The summed E-state index contributed by atoms with van der Waals surface area (Å²) in [5, 5.41) is 9.89. The van der Waals surface area contributed by atoms with E-state index in [9.17, 15) is 14.3 Å². The summed E-state index contributed by atoms with van der Waals surface area (Å²) in [7, 11) is 0. The van der Waals surface area contributed by atoms with Crippen LogP contribution >= 0.6 is 0 Å². The first-order valence-corrected chi connectivity index (χ1v) is 10.4. The van der Waals surface area contributed by atoms with Crippen LogP contribution in [-0.4, -0.2) is 28.3 Å². The predicted molar refractivity (Wildman–Crippen MR) is 119 cm³/mol. The first-order chi connectivity index (χ1) is 15.0. The molecule has 158 valence electrons. The summed E-state index contributed by atoms with van der Waals surface area (Å²) >= 11 is 0. The third kappa shape index (κ3) is 4.89. The van der Waals surface area contributed by atoms with Crippen molar-refractivity contribution in [3.63, 3.8) is 0 Å². The monoisotopic (exact) mass is 417 g/mol. The maximum Gasteiger partial charge on any atom is 0.309 e. The number of carbonyl (C=O) groups is 1. The van der Waals surface area contributed by atoms with Crippen LogP contribution in [0, 0.1) is 5.82 Å². The molecule has 4 rings (SSSR count). The number of aliphatic hydroxyl groups excluding tert-OH is 1. The van der Waals surface area contributed by atoms with E-state index in [-0.39, 0.29) is 12.2 Å². The molecule has 1 N–H and O–H groups in total. The first-order valence-electron chi connectivity index (χ1n) is 10.4. The Balaban J connectivity index is 1.81. The summed E-state index contributed by atoms with van der Waals surface area (Å²) < 4.78 is 18.9. The summed E-state index contributed by atoms with van der Waals surface area (Å²) in [6.45, 7) is 2.03. The van der Waals surface area contributed by atoms with E-state index < -0.39 is 18.2 Å². The number of pyridine rings is 1. The second kappa shape index (κ2) is 9.23. The number of aryl methyl sites for hydroxylation is 1. The molecule has 4 nitrogen and oxygen atoms in total. The number of cyclic esters (lactones) is 1. The van der Waals surface area contributed by atoms with Gasteiger partial charge in [-0.1, -0.05) is 55.5 Å². The second-order valence-corrected chi connectivity index (χ2v) is 7.62. The molecular weight excluding hydrogens is 393 g/mol. The van der Waals surface area contributed by atoms with Crippen LogP contribution in [0.15, 0.2) is 66.7 Å². The van der Waals surface area contributed by atoms with E-state index in [1.54, 1.807) is 18.2 Å². The minimum Gasteiger partial charge on any atom is -0.458 e. The van der Waals surface area contributed by atoms with E-state index in [2.05, 4.69) is 0 Å². The van der Waals surface area contributed by atoms with Gasteiger partial charge in [-0.15, -0.1) is 0 Å². The highest BCUT2D eigenvalue weighted by Crippen LogP contribution is 2.32. The molecule has 0 unspecified atom stereocenters. The first kappa shape index (κ1) is 20.9. The van der Waals surface area contributed by atoms with Crippen molar-refractivity contribution in [3.8, 4) is 22.4 Å². The number of benzene rings is 2. The van der Waals surface area contributed by atoms with Crippen LogP contribution in [0.2, 0.25) is 0 Å². The lowest BCUT2D eigenvalue weighted by Crippen LogP contribution is -2.31. The van der Waals surface area contributed by atoms with Crippen molar-refractivity contribution in [2.75, 3.05) is 0 Å². The minimum absolute atomic E-state index is 0.0265. The Bertz CT molecular complexity index is 1090. The van der Waals surface area contributed by atoms with E-state index in [1.165, 1.54) is 12.1 Å². The van der Waals surface area contributed by atoms with Gasteiger partial charge in [-0.2, -0.15) is 0 Å². The molecule has 1 fully saturated rings. The molecule has 1 aliphatic rings. The molecule has 0 bridgehead atoms. The number of hydrogen-bond donors (Lipinski definition) is 1. The van der Waals surface area contributed by atoms with Gasteiger partial charge in [-0.3, -0.25) is 9.78 Å². The normalized spacial score (nSPS) is 18.9. The molecule has 2 heterocycles. The van der Waals surface area contributed by atoms with Gasteiger partial charge in [0.1, 0.15) is 11.9 Å². The molecule has 2 aromatic carbocycles. The number of ether oxygens (including phenoxy) is 1. The van der Waals surface area contributed by atoms with Crippen LogP contribution in [0.25, 0.3) is 28.5 Å². The number of hydrogen-bond acceptors (Lipinski definition) is 4. The Hall–Kier alpha value is -3.31. The molecule has 3 aromatic rings. The predicted octanol–water partition coefficient (Wildman–Crippen LogP) is 5.20. The molecule has 5 heteroatoms. The van der Waals surface area contributed by atoms with E-state index >= 15 is 0 Å². The Morgan fingerprint density at radius 3 is 2.55 bits per heavy atom. The lowest BCUT2D eigenvalue weighted by Gasteiger charge is -2.23. The fourth-order valence-corrected chi connectivity index (χ4v) is 3.82. The molecule has 1 aromatic heterocycles. The smallest absolute Gasteiger partial charge is 0.309 e. The third-order valence-corrected chi connectivity index (χ3v) is 5.36. The number of esters is 1. The number of rotatable bonds is 5. The lowest BCUT2D eigenvalue weighted by atomic mass is 9.94. The molecule has 0 aliphatic carbocycles. The van der Waals surface area contributed by atoms with Gasteiger partial charge in [0.15, 0.2) is 0 Å². The fraction of sp³-hybridized carbons (Fsp3) is 0.231. The molecule has 1 saturated heterocycles. The van der Waals surface area contributed by atoms with Gasteiger partial charge in [-0.05, 0) is 41.8 Å². The highest BCUT2D eigenvalue weighted by Gasteiger charge is 2.25. The van der Waals surface area contributed by atoms with Gasteiger partial charge in [0.25, 0.3) is 0 Å². The molecule has 0 amide bonds. The molecule has 0 radical (unpaired) electrons. The average Bonchev–Trinajstić information content (AvgIpc) is 2.77. The maximum absolute atomic E-state index is 13.6. The second-order valence-electron chi connectivity index (χ2n) is 7.62. The van der Waals surface area contributed by atoms with Crippen LogP contribution in [0.1, 0.15) is 31.0 Å². The zero-order valence-corrected chi connectivity index (χ0v) is 17.3. The van der Waals surface area contributed by atoms with E-state index in [0.717, 1.165) is 33.6 Å². The highest BCUT2D eigenvalue weighted by atomic mass is 19.1. The maximum atomic E-state index is 13.6. The fourth-order valence-electron chi connectivity index (χ4n) is 3.82. The van der Waals surface area contributed by atoms with Crippen molar-refractivity contribution in [2.45, 2.75) is 38.4 Å². The van der Waals surface area contributed by atoms with E-state index in [1.807, 2.05) is 49.4 Å². The van der Waals surface area contributed by atoms with Crippen LogP contribution in [-0.2, 0) is 16.0 Å². The molecule has 2 atom stereocenters. The van der Waals surface area contributed by atoms with Crippen LogP contribution < -0.4 is 0 Å². The van der Waals surface area contributed by atoms with Crippen LogP contribution in [0.4, 0.5) is 4.39 Å². The molecule has 1 aliphatic heterocycles. The number of nitrogens with zero attached hydrogens (tertiary/aromatic N) is 1. The quantitative estimate of drug-likeness (QED) is 0.580. The summed E-state index contributed by atoms with van der Waals surface area (Å²) in [6.07, 6.45) is 3.60. The number of halogens is 1. The number of aromatic nitrogens is 1. The Labute approximate surface area is 181 Å². The van der Waals surface area contributed by atoms with Crippen molar-refractivity contribution in [1.82, 2.24) is 4.98 Å². The molecule has 0 spiro atoms. The molecular formula is C26H24FNO3. The summed E-state index contributed by atoms with van der Waals surface area (Å²) in [6, 6.07) is 18.3. The highest BCUT2D eigenvalue weighted by molar-refractivity contribution is 5.80. The van der Waals surface area contributed by atoms with Crippen LogP contribution in [0.5, 0.6) is 0 Å². The van der Waals surface area contributed by atoms with Gasteiger partial charge in [0.2, 0.25) is 0 Å². The Morgan fingerprint density at radius 1 is 1.13 bits per heavy atom. The minimum atomic E-state index is -0.698. The Morgan fingerprint density at radius 2 is 1.87 bits per heavy atom. The standard InChI is InChI=1S/C26H24FNO3/c1-2-24-22(13-12-21-14-20(29)15-26(30)31-21)23(17-8-10-19(27)11-9-17)16-25(28-24)18-6-4-3-5-7-18/h3-13,16,20-21,29H,2,14-15H2,1H3/b13-12+/t20-,21-/m1/s1. The van der Waals surface area contributed by atoms with Crippen molar-refractivity contribution in [3.05, 3.63) is 83.8 Å². The van der Waals surface area contributed by atoms with Crippen molar-refractivity contribution in [2.24, 2.45) is 0 Å². The number of aliphatic hydroxyl groups is 1. The van der Waals surface area contributed by atoms with Gasteiger partial charge >= 0.3 is 5.97 Å². The lowest BCUT2D eigenvalue weighted by molar-refractivity contribution is -0.156. The van der Waals surface area contributed by atoms with Crippen LogP contribution in [0.3, 0.4) is 0 Å². The van der Waals surface area contributed by atoms with Gasteiger partial charge in [0, 0.05) is 23.2 Å². The topological polar surface area (TPSA) is 59.4 Å². The van der Waals surface area contributed by atoms with Crippen molar-refractivity contribution >= 4 is 12.0 Å². The van der Waals surface area contributed by atoms with Gasteiger partial charge in [0.05, 0.1) is 18.2 Å².